The molecule has 0 atom stereocenters. The normalized spacial score (nSPS) is 10.9. The van der Waals surface area contributed by atoms with Gasteiger partial charge in [-0.25, -0.2) is 0 Å². The summed E-state index contributed by atoms with van der Waals surface area (Å²) >= 11 is 0. The van der Waals surface area contributed by atoms with E-state index < -0.39 is 5.97 Å². The molecule has 270 valence electrons. The van der Waals surface area contributed by atoms with Crippen molar-refractivity contribution in [3.63, 3.8) is 0 Å². The molecule has 0 fully saturated rings. The van der Waals surface area contributed by atoms with Crippen molar-refractivity contribution < 1.29 is 28.6 Å². The fraction of sp³-hybridized carbons (Fsp3) is 0.111. The third-order valence-electron chi connectivity index (χ3n) is 9.09. The second-order valence-electron chi connectivity index (χ2n) is 12.6. The minimum atomic E-state index is -0.926. The van der Waals surface area contributed by atoms with Crippen LogP contribution in [0.25, 0.3) is 65.8 Å². The van der Waals surface area contributed by atoms with Gasteiger partial charge in [0.25, 0.3) is 0 Å². The monoisotopic (exact) mass is 720 g/mol. The summed E-state index contributed by atoms with van der Waals surface area (Å²) in [6, 6.07) is 38.2. The highest BCUT2D eigenvalue weighted by Crippen LogP contribution is 2.22. The highest BCUT2D eigenvalue weighted by molar-refractivity contribution is 5.92. The third-order valence-corrected chi connectivity index (χ3v) is 9.09. The minimum Gasteiger partial charge on any atom is -0.481 e. The summed E-state index contributed by atoms with van der Waals surface area (Å²) in [4.78, 5) is 47.6. The van der Waals surface area contributed by atoms with Crippen molar-refractivity contribution in [2.75, 3.05) is 0 Å². The van der Waals surface area contributed by atoms with Crippen LogP contribution in [0, 0.1) is 0 Å². The van der Waals surface area contributed by atoms with Gasteiger partial charge < -0.3 is 23.8 Å². The molecule has 3 aromatic heterocycles. The van der Waals surface area contributed by atoms with Crippen LogP contribution in [-0.2, 0) is 24.1 Å². The maximum atomic E-state index is 12.3. The van der Waals surface area contributed by atoms with E-state index in [0.717, 1.165) is 24.0 Å². The number of carboxylic acid groups (broad SMARTS) is 1. The highest BCUT2D eigenvalue weighted by Gasteiger charge is 2.10. The molecule has 0 spiro atoms. The minimum absolute atomic E-state index is 0. The Bertz CT molecular complexity index is 2870. The van der Waals surface area contributed by atoms with E-state index in [1.54, 1.807) is 54.6 Å². The second-order valence-corrected chi connectivity index (χ2v) is 12.6. The summed E-state index contributed by atoms with van der Waals surface area (Å²) in [5.41, 5.74) is 6.48. The smallest absolute Gasteiger partial charge is 0.307 e. The van der Waals surface area contributed by atoms with Crippen molar-refractivity contribution in [3.8, 4) is 0 Å². The first kappa shape index (κ1) is 36.9. The van der Waals surface area contributed by atoms with Crippen molar-refractivity contribution in [1.82, 2.24) is 0 Å². The predicted molar refractivity (Wildman–Crippen MR) is 214 cm³/mol. The van der Waals surface area contributed by atoms with Gasteiger partial charge in [0, 0.05) is 0 Å². The van der Waals surface area contributed by atoms with Crippen LogP contribution in [0.4, 0.5) is 0 Å². The lowest BCUT2D eigenvalue weighted by Gasteiger charge is -2.03. The molecule has 9 nitrogen and oxygen atoms in total. The van der Waals surface area contributed by atoms with Crippen LogP contribution in [0.2, 0.25) is 0 Å². The molecule has 54 heavy (non-hydrogen) atoms. The number of carboxylic acids is 1. The molecule has 6 aromatic carbocycles. The van der Waals surface area contributed by atoms with E-state index in [9.17, 15) is 19.2 Å². The SMILES string of the molecule is CCc1ccc2oc3ccccc3c(=O)c2c1.CCc1ccc2oc3ccccc3c(=O)c2c1.O.O=C(O)Cc1ccc2oc3ccccc3c(=O)c2c1. The Morgan fingerprint density at radius 2 is 0.741 bits per heavy atom. The van der Waals surface area contributed by atoms with Crippen LogP contribution in [0.5, 0.6) is 0 Å². The Hall–Kier alpha value is -6.84. The van der Waals surface area contributed by atoms with Gasteiger partial charge in [-0.2, -0.15) is 0 Å². The lowest BCUT2D eigenvalue weighted by atomic mass is 10.1. The molecular weight excluding hydrogens is 684 g/mol. The topological polar surface area (TPSA) is 159 Å². The Morgan fingerprint density at radius 1 is 0.444 bits per heavy atom. The van der Waals surface area contributed by atoms with Crippen molar-refractivity contribution in [1.29, 1.82) is 0 Å². The van der Waals surface area contributed by atoms with Crippen LogP contribution in [-0.4, -0.2) is 16.6 Å². The second kappa shape index (κ2) is 15.8. The summed E-state index contributed by atoms with van der Waals surface area (Å²) in [6.45, 7) is 4.15. The van der Waals surface area contributed by atoms with E-state index in [1.165, 1.54) is 0 Å². The number of fused-ring (bicyclic) bond motifs is 6. The Labute approximate surface area is 307 Å². The van der Waals surface area contributed by atoms with E-state index in [2.05, 4.69) is 13.8 Å². The van der Waals surface area contributed by atoms with Crippen molar-refractivity contribution in [2.24, 2.45) is 0 Å². The van der Waals surface area contributed by atoms with Gasteiger partial charge >= 0.3 is 5.97 Å². The molecule has 0 aliphatic carbocycles. The number of benzene rings is 6. The van der Waals surface area contributed by atoms with Gasteiger partial charge in [0.1, 0.15) is 33.5 Å². The van der Waals surface area contributed by atoms with Gasteiger partial charge in [-0.05, 0) is 102 Å². The number of para-hydroxylation sites is 3. The molecule has 0 aliphatic rings. The van der Waals surface area contributed by atoms with E-state index in [-0.39, 0.29) is 28.2 Å². The van der Waals surface area contributed by atoms with E-state index in [1.807, 2.05) is 72.8 Å². The molecule has 9 aromatic rings. The molecule has 9 rings (SSSR count). The average Bonchev–Trinajstić information content (AvgIpc) is 3.18. The van der Waals surface area contributed by atoms with Crippen molar-refractivity contribution in [2.45, 2.75) is 33.1 Å². The van der Waals surface area contributed by atoms with E-state index >= 15 is 0 Å². The summed E-state index contributed by atoms with van der Waals surface area (Å²) < 4.78 is 17.1. The fourth-order valence-electron chi connectivity index (χ4n) is 6.28. The number of carbonyl (C=O) groups is 1. The largest absolute Gasteiger partial charge is 0.481 e. The van der Waals surface area contributed by atoms with E-state index in [4.69, 9.17) is 18.4 Å². The number of hydrogen-bond donors (Lipinski definition) is 1. The first-order chi connectivity index (χ1) is 25.7. The molecule has 0 radical (unpaired) electrons. The average molecular weight is 721 g/mol. The molecule has 0 saturated carbocycles. The van der Waals surface area contributed by atoms with Crippen LogP contribution in [0.1, 0.15) is 30.5 Å². The van der Waals surface area contributed by atoms with Crippen molar-refractivity contribution >= 4 is 71.8 Å². The molecule has 0 bridgehead atoms. The zero-order chi connectivity index (χ0) is 37.1. The maximum Gasteiger partial charge on any atom is 0.307 e. The van der Waals surface area contributed by atoms with Gasteiger partial charge in [-0.1, -0.05) is 68.4 Å². The Kier molecular flexibility index (Phi) is 10.8. The lowest BCUT2D eigenvalue weighted by Crippen LogP contribution is -2.04. The molecule has 0 amide bonds. The number of rotatable bonds is 4. The summed E-state index contributed by atoms with van der Waals surface area (Å²) in [7, 11) is 0. The number of aliphatic carboxylic acids is 1. The molecule has 9 heteroatoms. The Morgan fingerprint density at radius 3 is 1.07 bits per heavy atom. The standard InChI is InChI=1S/C15H10O4.2C15H12O2.H2O/c16-14(17)8-9-5-6-13-11(7-9)15(18)10-3-1-2-4-12(10)19-13;2*1-2-10-7-8-14-12(9-10)15(16)11-5-3-4-6-13(11)17-14;/h1-7H,8H2,(H,16,17);2*3-9H,2H2,1H3;1H2. The lowest BCUT2D eigenvalue weighted by molar-refractivity contribution is -0.136. The van der Waals surface area contributed by atoms with Gasteiger partial charge in [-0.15, -0.1) is 0 Å². The third kappa shape index (κ3) is 7.39. The van der Waals surface area contributed by atoms with Crippen LogP contribution in [0.3, 0.4) is 0 Å². The quantitative estimate of drug-likeness (QED) is 0.177. The van der Waals surface area contributed by atoms with Crippen LogP contribution in [0.15, 0.2) is 155 Å². The molecular formula is C45H36O9. The fourth-order valence-corrected chi connectivity index (χ4v) is 6.28. The predicted octanol–water partition coefficient (Wildman–Crippen LogP) is 8.77. The number of hydrogen-bond acceptors (Lipinski definition) is 7. The molecule has 0 unspecified atom stereocenters. The van der Waals surface area contributed by atoms with Crippen LogP contribution < -0.4 is 16.3 Å². The summed E-state index contributed by atoms with van der Waals surface area (Å²) in [5.74, 6) is -0.926. The number of aryl methyl sites for hydroxylation is 2. The first-order valence-corrected chi connectivity index (χ1v) is 17.3. The Balaban J connectivity index is 0.000000137. The zero-order valence-corrected chi connectivity index (χ0v) is 29.6. The molecule has 0 aliphatic heterocycles. The van der Waals surface area contributed by atoms with Gasteiger partial charge in [-0.3, -0.25) is 19.2 Å². The molecule has 3 N–H and O–H groups in total. The first-order valence-electron chi connectivity index (χ1n) is 17.3. The van der Waals surface area contributed by atoms with Gasteiger partial charge in [0.2, 0.25) is 16.3 Å². The van der Waals surface area contributed by atoms with E-state index in [0.29, 0.717) is 71.4 Å². The molecule has 3 heterocycles. The van der Waals surface area contributed by atoms with Gasteiger partial charge in [0.15, 0.2) is 0 Å². The van der Waals surface area contributed by atoms with Crippen LogP contribution >= 0.6 is 0 Å². The van der Waals surface area contributed by atoms with Crippen molar-refractivity contribution in [3.05, 3.63) is 175 Å². The highest BCUT2D eigenvalue weighted by atomic mass is 16.4. The summed E-state index contributed by atoms with van der Waals surface area (Å²) in [6.07, 6.45) is 1.73. The molecule has 0 saturated heterocycles. The summed E-state index contributed by atoms with van der Waals surface area (Å²) in [5, 5.41) is 12.3. The van der Waals surface area contributed by atoms with Gasteiger partial charge in [0.05, 0.1) is 38.7 Å². The zero-order valence-electron chi connectivity index (χ0n) is 29.6. The maximum absolute atomic E-state index is 12.3.